The number of carbonyl (C=O) groups is 1. The fourth-order valence-corrected chi connectivity index (χ4v) is 4.90. The van der Waals surface area contributed by atoms with Crippen molar-refractivity contribution in [1.82, 2.24) is 29.8 Å². The molecular formula is C27H30N6O2. The number of piperidine rings is 1. The molecule has 0 atom stereocenters. The quantitative estimate of drug-likeness (QED) is 0.468. The van der Waals surface area contributed by atoms with Crippen molar-refractivity contribution < 1.29 is 4.79 Å². The fraction of sp³-hybridized carbons (Fsp3) is 0.333. The molecule has 5 rings (SSSR count). The minimum Gasteiger partial charge on any atom is -0.352 e. The van der Waals surface area contributed by atoms with Crippen LogP contribution in [0.2, 0.25) is 0 Å². The number of amides is 1. The van der Waals surface area contributed by atoms with Gasteiger partial charge in [-0.1, -0.05) is 48.5 Å². The van der Waals surface area contributed by atoms with Gasteiger partial charge in [0.25, 0.3) is 5.56 Å². The number of likely N-dealkylation sites (tertiary alicyclic amines) is 1. The van der Waals surface area contributed by atoms with E-state index in [2.05, 4.69) is 44.7 Å². The molecule has 0 saturated carbocycles. The van der Waals surface area contributed by atoms with Gasteiger partial charge in [0.15, 0.2) is 5.52 Å². The summed E-state index contributed by atoms with van der Waals surface area (Å²) >= 11 is 0. The van der Waals surface area contributed by atoms with Crippen LogP contribution in [0.1, 0.15) is 29.8 Å². The van der Waals surface area contributed by atoms with Crippen LogP contribution in [0.4, 0.5) is 0 Å². The number of aromatic nitrogens is 4. The molecule has 1 saturated heterocycles. The highest BCUT2D eigenvalue weighted by Crippen LogP contribution is 2.21. The van der Waals surface area contributed by atoms with Crippen LogP contribution in [-0.2, 0) is 17.9 Å². The average Bonchev–Trinajstić information content (AvgIpc) is 3.22. The number of nitrogens with one attached hydrogen (secondary N) is 1. The van der Waals surface area contributed by atoms with E-state index in [4.69, 9.17) is 0 Å². The highest BCUT2D eigenvalue weighted by atomic mass is 16.2. The maximum Gasteiger partial charge on any atom is 0.295 e. The second-order valence-electron chi connectivity index (χ2n) is 9.21. The van der Waals surface area contributed by atoms with E-state index in [0.29, 0.717) is 11.2 Å². The largest absolute Gasteiger partial charge is 0.352 e. The summed E-state index contributed by atoms with van der Waals surface area (Å²) in [4.78, 5) is 28.4. The van der Waals surface area contributed by atoms with Gasteiger partial charge in [0.05, 0.1) is 22.5 Å². The Kier molecular flexibility index (Phi) is 6.46. The fourth-order valence-electron chi connectivity index (χ4n) is 4.90. The van der Waals surface area contributed by atoms with Gasteiger partial charge in [-0.3, -0.25) is 14.5 Å². The number of benzene rings is 2. The van der Waals surface area contributed by atoms with Gasteiger partial charge < -0.3 is 5.32 Å². The molecule has 0 spiro atoms. The molecule has 2 aromatic heterocycles. The Labute approximate surface area is 204 Å². The maximum atomic E-state index is 13.2. The second kappa shape index (κ2) is 9.84. The first-order valence-electron chi connectivity index (χ1n) is 12.1. The van der Waals surface area contributed by atoms with Crippen molar-refractivity contribution in [2.75, 3.05) is 13.1 Å². The van der Waals surface area contributed by atoms with Gasteiger partial charge in [0, 0.05) is 25.7 Å². The lowest BCUT2D eigenvalue weighted by Gasteiger charge is -2.32. The van der Waals surface area contributed by atoms with Gasteiger partial charge in [-0.05, 0) is 44.4 Å². The highest BCUT2D eigenvalue weighted by Gasteiger charge is 2.22. The molecule has 1 amide bonds. The molecule has 0 aliphatic carbocycles. The molecule has 35 heavy (non-hydrogen) atoms. The third kappa shape index (κ3) is 4.88. The smallest absolute Gasteiger partial charge is 0.295 e. The standard InChI is InChI=1S/C27H30N6O2/c1-19-25-20(2)33(23-11-7-4-8-12-23)30-26(25)27(35)32(29-19)18-24(34)28-22-13-15-31(16-14-22)17-21-9-5-3-6-10-21/h3-12,22H,13-18H2,1-2H3,(H,28,34). The molecule has 8 nitrogen and oxygen atoms in total. The Morgan fingerprint density at radius 1 is 0.971 bits per heavy atom. The van der Waals surface area contributed by atoms with Crippen LogP contribution in [0, 0.1) is 13.8 Å². The third-order valence-electron chi connectivity index (χ3n) is 6.68. The van der Waals surface area contributed by atoms with E-state index in [-0.39, 0.29) is 24.1 Å². The van der Waals surface area contributed by atoms with Gasteiger partial charge in [0.2, 0.25) is 5.91 Å². The van der Waals surface area contributed by atoms with Crippen molar-refractivity contribution in [2.45, 2.75) is 45.8 Å². The molecule has 4 aromatic rings. The van der Waals surface area contributed by atoms with Crippen LogP contribution in [-0.4, -0.2) is 49.5 Å². The number of fused-ring (bicyclic) bond motifs is 1. The first-order chi connectivity index (χ1) is 17.0. The molecule has 0 bridgehead atoms. The number of carbonyl (C=O) groups excluding carboxylic acids is 1. The Balaban J connectivity index is 1.25. The number of rotatable bonds is 6. The normalized spacial score (nSPS) is 14.9. The van der Waals surface area contributed by atoms with Gasteiger partial charge in [-0.2, -0.15) is 10.2 Å². The lowest BCUT2D eigenvalue weighted by molar-refractivity contribution is -0.122. The van der Waals surface area contributed by atoms with E-state index in [0.717, 1.165) is 49.2 Å². The van der Waals surface area contributed by atoms with Crippen LogP contribution in [0.5, 0.6) is 0 Å². The van der Waals surface area contributed by atoms with Crippen molar-refractivity contribution in [3.63, 3.8) is 0 Å². The van der Waals surface area contributed by atoms with E-state index in [1.54, 1.807) is 4.68 Å². The van der Waals surface area contributed by atoms with Crippen LogP contribution in [0.15, 0.2) is 65.5 Å². The van der Waals surface area contributed by atoms with Gasteiger partial charge in [-0.15, -0.1) is 0 Å². The minimum absolute atomic E-state index is 0.106. The predicted octanol–water partition coefficient (Wildman–Crippen LogP) is 2.98. The molecule has 8 heteroatoms. The van der Waals surface area contributed by atoms with Crippen LogP contribution < -0.4 is 10.9 Å². The molecule has 0 unspecified atom stereocenters. The van der Waals surface area contributed by atoms with Crippen molar-refractivity contribution in [3.8, 4) is 5.69 Å². The lowest BCUT2D eigenvalue weighted by Crippen LogP contribution is -2.46. The number of nitrogens with zero attached hydrogens (tertiary/aromatic N) is 5. The van der Waals surface area contributed by atoms with Crippen molar-refractivity contribution in [2.24, 2.45) is 0 Å². The molecule has 3 heterocycles. The van der Waals surface area contributed by atoms with Crippen molar-refractivity contribution >= 4 is 16.8 Å². The molecular weight excluding hydrogens is 440 g/mol. The number of para-hydroxylation sites is 1. The molecule has 1 N–H and O–H groups in total. The minimum atomic E-state index is -0.351. The molecule has 180 valence electrons. The van der Waals surface area contributed by atoms with Crippen LogP contribution >= 0.6 is 0 Å². The summed E-state index contributed by atoms with van der Waals surface area (Å²) in [6.07, 6.45) is 1.78. The first-order valence-corrected chi connectivity index (χ1v) is 12.1. The van der Waals surface area contributed by atoms with Gasteiger partial charge in [-0.25, -0.2) is 9.36 Å². The Bertz CT molecular complexity index is 1390. The molecule has 1 fully saturated rings. The summed E-state index contributed by atoms with van der Waals surface area (Å²) in [6, 6.07) is 20.2. The molecule has 1 aliphatic heterocycles. The zero-order chi connectivity index (χ0) is 24.4. The van der Waals surface area contributed by atoms with Crippen molar-refractivity contribution in [3.05, 3.63) is 88.0 Å². The highest BCUT2D eigenvalue weighted by molar-refractivity contribution is 5.83. The second-order valence-corrected chi connectivity index (χ2v) is 9.21. The molecule has 0 radical (unpaired) electrons. The number of hydrogen-bond donors (Lipinski definition) is 1. The molecule has 1 aliphatic rings. The Hall–Kier alpha value is -3.78. The summed E-state index contributed by atoms with van der Waals surface area (Å²) in [7, 11) is 0. The first kappa shape index (κ1) is 23.0. The van der Waals surface area contributed by atoms with Crippen LogP contribution in [0.25, 0.3) is 16.6 Å². The molecule has 2 aromatic carbocycles. The summed E-state index contributed by atoms with van der Waals surface area (Å²) in [5.41, 5.74) is 3.70. The SMILES string of the molecule is Cc1nn(CC(=O)NC2CCN(Cc3ccccc3)CC2)c(=O)c2nn(-c3ccccc3)c(C)c12. The number of aryl methyl sites for hydroxylation is 2. The third-order valence-corrected chi connectivity index (χ3v) is 6.68. The van der Waals surface area contributed by atoms with E-state index >= 15 is 0 Å². The van der Waals surface area contributed by atoms with E-state index in [1.807, 2.05) is 50.2 Å². The Morgan fingerprint density at radius 3 is 2.31 bits per heavy atom. The maximum absolute atomic E-state index is 13.2. The van der Waals surface area contributed by atoms with Gasteiger partial charge in [0.1, 0.15) is 6.54 Å². The summed E-state index contributed by atoms with van der Waals surface area (Å²) in [5.74, 6) is -0.195. The number of hydrogen-bond acceptors (Lipinski definition) is 5. The van der Waals surface area contributed by atoms with Gasteiger partial charge >= 0.3 is 0 Å². The van der Waals surface area contributed by atoms with Crippen LogP contribution in [0.3, 0.4) is 0 Å². The Morgan fingerprint density at radius 2 is 1.63 bits per heavy atom. The monoisotopic (exact) mass is 470 g/mol. The van der Waals surface area contributed by atoms with E-state index in [9.17, 15) is 9.59 Å². The lowest BCUT2D eigenvalue weighted by atomic mass is 10.0. The van der Waals surface area contributed by atoms with E-state index < -0.39 is 0 Å². The predicted molar refractivity (Wildman–Crippen MR) is 135 cm³/mol. The zero-order valence-electron chi connectivity index (χ0n) is 20.1. The summed E-state index contributed by atoms with van der Waals surface area (Å²) in [6.45, 7) is 6.45. The summed E-state index contributed by atoms with van der Waals surface area (Å²) in [5, 5.41) is 12.9. The summed E-state index contributed by atoms with van der Waals surface area (Å²) < 4.78 is 2.99. The topological polar surface area (TPSA) is 85.1 Å². The zero-order valence-corrected chi connectivity index (χ0v) is 20.1. The average molecular weight is 471 g/mol. The van der Waals surface area contributed by atoms with Crippen molar-refractivity contribution in [1.29, 1.82) is 0 Å². The van der Waals surface area contributed by atoms with E-state index in [1.165, 1.54) is 10.2 Å².